The first-order valence-corrected chi connectivity index (χ1v) is 14.8. The number of rotatable bonds is 14. The fourth-order valence-corrected chi connectivity index (χ4v) is 4.82. The van der Waals surface area contributed by atoms with Gasteiger partial charge in [-0.05, 0) is 67.4 Å². The zero-order valence-corrected chi connectivity index (χ0v) is 26.7. The zero-order chi connectivity index (χ0) is 33.2. The summed E-state index contributed by atoms with van der Waals surface area (Å²) in [6.45, 7) is 3.69. The monoisotopic (exact) mass is 697 g/mol. The number of hydrogen-bond donors (Lipinski definition) is 4. The molecule has 14 nitrogen and oxygen atoms in total. The molecule has 242 valence electrons. The summed E-state index contributed by atoms with van der Waals surface area (Å²) < 4.78 is 23.1. The van der Waals surface area contributed by atoms with Crippen molar-refractivity contribution in [1.82, 2.24) is 16.1 Å². The molecule has 0 saturated carbocycles. The summed E-state index contributed by atoms with van der Waals surface area (Å²) in [6, 6.07) is 15.1. The van der Waals surface area contributed by atoms with Crippen LogP contribution >= 0.6 is 15.9 Å². The van der Waals surface area contributed by atoms with E-state index in [1.165, 1.54) is 25.5 Å². The second kappa shape index (κ2) is 15.7. The highest BCUT2D eigenvalue weighted by molar-refractivity contribution is 9.10. The molecule has 4 N–H and O–H groups in total. The molecule has 4 rings (SSSR count). The van der Waals surface area contributed by atoms with Crippen molar-refractivity contribution in [3.8, 4) is 17.2 Å². The molecule has 1 heterocycles. The number of nitro benzene ring substituents is 1. The number of carbonyl (C=O) groups is 2. The third kappa shape index (κ3) is 8.73. The number of ether oxygens (including phenoxy) is 4. The van der Waals surface area contributed by atoms with Gasteiger partial charge in [-0.15, -0.1) is 0 Å². The van der Waals surface area contributed by atoms with E-state index in [2.05, 4.69) is 37.1 Å². The Labute approximate surface area is 272 Å². The van der Waals surface area contributed by atoms with E-state index in [1.54, 1.807) is 62.4 Å². The fraction of sp³-hybridized carbons (Fsp3) is 0.258. The molecule has 0 radical (unpaired) electrons. The van der Waals surface area contributed by atoms with Crippen molar-refractivity contribution < 1.29 is 38.6 Å². The summed E-state index contributed by atoms with van der Waals surface area (Å²) in [7, 11) is 1.26. The van der Waals surface area contributed by atoms with Crippen LogP contribution in [0.2, 0.25) is 0 Å². The van der Waals surface area contributed by atoms with Crippen molar-refractivity contribution in [2.24, 2.45) is 5.10 Å². The van der Waals surface area contributed by atoms with Gasteiger partial charge in [-0.2, -0.15) is 5.10 Å². The molecule has 0 saturated heterocycles. The van der Waals surface area contributed by atoms with E-state index < -0.39 is 29.2 Å². The molecular weight excluding hydrogens is 666 g/mol. The van der Waals surface area contributed by atoms with E-state index in [0.717, 1.165) is 10.0 Å². The van der Waals surface area contributed by atoms with Gasteiger partial charge in [-0.3, -0.25) is 15.5 Å². The first kappa shape index (κ1) is 33.7. The number of nitrogens with zero attached hydrogens (tertiary/aromatic N) is 2. The molecule has 0 spiro atoms. The van der Waals surface area contributed by atoms with Crippen LogP contribution in [0.3, 0.4) is 0 Å². The number of benzene rings is 3. The minimum atomic E-state index is -1.21. The van der Waals surface area contributed by atoms with Crippen molar-refractivity contribution in [2.75, 3.05) is 20.3 Å². The lowest BCUT2D eigenvalue weighted by molar-refractivity contribution is -0.384. The number of allylic oxidation sites excluding steroid dienone is 1. The maximum Gasteiger partial charge on any atom is 0.337 e. The van der Waals surface area contributed by atoms with Crippen LogP contribution < -0.4 is 30.3 Å². The Hall–Kier alpha value is -5.15. The molecule has 2 atom stereocenters. The number of urea groups is 1. The van der Waals surface area contributed by atoms with Gasteiger partial charge in [0.1, 0.15) is 19.0 Å². The topological polar surface area (TPSA) is 183 Å². The van der Waals surface area contributed by atoms with Crippen molar-refractivity contribution in [3.63, 3.8) is 0 Å². The number of nitro groups is 1. The van der Waals surface area contributed by atoms with E-state index in [0.29, 0.717) is 40.7 Å². The lowest BCUT2D eigenvalue weighted by Crippen LogP contribution is -2.45. The number of amides is 2. The largest absolute Gasteiger partial charge is 0.490 e. The number of hydrogen-bond acceptors (Lipinski definition) is 11. The van der Waals surface area contributed by atoms with Crippen molar-refractivity contribution in [3.05, 3.63) is 103 Å². The Kier molecular flexibility index (Phi) is 11.5. The molecule has 0 fully saturated rings. The minimum absolute atomic E-state index is 0.00566. The van der Waals surface area contributed by atoms with Crippen LogP contribution in [0.4, 0.5) is 10.5 Å². The van der Waals surface area contributed by atoms with Gasteiger partial charge in [0.25, 0.3) is 5.69 Å². The number of non-ortho nitro benzene ring substituents is 1. The van der Waals surface area contributed by atoms with Crippen LogP contribution in [0.25, 0.3) is 0 Å². The molecule has 0 aliphatic carbocycles. The molecule has 1 aliphatic rings. The number of nitrogens with one attached hydrogen (secondary N) is 3. The fourth-order valence-electron chi connectivity index (χ4n) is 4.44. The number of carbonyl (C=O) groups excluding carboxylic acids is 2. The molecule has 46 heavy (non-hydrogen) atoms. The highest BCUT2D eigenvalue weighted by Crippen LogP contribution is 2.35. The normalized spacial score (nSPS) is 15.1. The predicted molar refractivity (Wildman–Crippen MR) is 171 cm³/mol. The lowest BCUT2D eigenvalue weighted by atomic mass is 9.95. The average Bonchev–Trinajstić information content (AvgIpc) is 3.03. The summed E-state index contributed by atoms with van der Waals surface area (Å²) >= 11 is 3.42. The van der Waals surface area contributed by atoms with Crippen LogP contribution in [0, 0.1) is 10.1 Å². The maximum atomic E-state index is 12.5. The number of esters is 1. The van der Waals surface area contributed by atoms with E-state index >= 15 is 0 Å². The number of halogens is 1. The Morgan fingerprint density at radius 1 is 1.11 bits per heavy atom. The molecular formula is C31H32BrN5O9. The van der Waals surface area contributed by atoms with E-state index in [1.807, 2.05) is 0 Å². The highest BCUT2D eigenvalue weighted by atomic mass is 79.9. The molecule has 0 bridgehead atoms. The van der Waals surface area contributed by atoms with Crippen LogP contribution in [-0.4, -0.2) is 54.8 Å². The number of hydrazone groups is 1. The molecule has 0 aromatic heterocycles. The summed E-state index contributed by atoms with van der Waals surface area (Å²) in [5.41, 5.74) is 5.14. The molecule has 1 aliphatic heterocycles. The minimum Gasteiger partial charge on any atom is -0.490 e. The Balaban J connectivity index is 1.39. The van der Waals surface area contributed by atoms with E-state index in [-0.39, 0.29) is 24.5 Å². The molecule has 0 unspecified atom stereocenters. The van der Waals surface area contributed by atoms with Crippen molar-refractivity contribution >= 4 is 39.8 Å². The Bertz CT molecular complexity index is 1650. The van der Waals surface area contributed by atoms with Crippen molar-refractivity contribution in [1.29, 1.82) is 0 Å². The molecule has 15 heteroatoms. The van der Waals surface area contributed by atoms with E-state index in [9.17, 15) is 24.8 Å². The first-order valence-electron chi connectivity index (χ1n) is 14.0. The number of methoxy groups -OCH3 is 1. The third-order valence-electron chi connectivity index (χ3n) is 6.61. The molecule has 2 amide bonds. The van der Waals surface area contributed by atoms with Crippen LogP contribution in [-0.2, 0) is 16.1 Å². The summed E-state index contributed by atoms with van der Waals surface area (Å²) in [6.07, 6.45) is 0.267. The SMILES string of the molecule is CCOc1cc([C@H]2NC(=O)NC(C)=C2C(=O)OC)ccc1OC[C@@H](O)N/N=C\c1cc(Br)ccc1OCc1ccc([N+](=O)[O-])cc1. The van der Waals surface area contributed by atoms with Crippen LogP contribution in [0.5, 0.6) is 17.2 Å². The second-order valence-electron chi connectivity index (χ2n) is 9.81. The van der Waals surface area contributed by atoms with Gasteiger partial charge >= 0.3 is 12.0 Å². The van der Waals surface area contributed by atoms with Gasteiger partial charge in [0.05, 0.1) is 36.5 Å². The Morgan fingerprint density at radius 3 is 2.54 bits per heavy atom. The summed E-state index contributed by atoms with van der Waals surface area (Å²) in [5, 5.41) is 30.8. The highest BCUT2D eigenvalue weighted by Gasteiger charge is 2.32. The number of aliphatic hydroxyl groups is 1. The van der Waals surface area contributed by atoms with Gasteiger partial charge < -0.3 is 34.7 Å². The molecule has 3 aromatic rings. The second-order valence-corrected chi connectivity index (χ2v) is 10.7. The molecule has 3 aromatic carbocycles. The van der Waals surface area contributed by atoms with Crippen LogP contribution in [0.15, 0.2) is 81.5 Å². The standard InChI is InChI=1S/C31H32BrN5O9/c1-4-44-26-14-20(29-28(30(39)43-3)18(2)34-31(40)35-29)7-11-25(26)46-17-27(38)36-33-15-21-13-22(32)8-12-24(21)45-16-19-5-9-23(10-6-19)37(41)42/h5-15,27,29,36,38H,4,16-17H2,1-3H3,(H2,34,35,40)/b33-15-/t27-,29-/m1/s1. The lowest BCUT2D eigenvalue weighted by Gasteiger charge is -2.28. The van der Waals surface area contributed by atoms with Gasteiger partial charge in [0.2, 0.25) is 0 Å². The van der Waals surface area contributed by atoms with Gasteiger partial charge in [0.15, 0.2) is 17.7 Å². The van der Waals surface area contributed by atoms with E-state index in [4.69, 9.17) is 18.9 Å². The van der Waals surface area contributed by atoms with Gasteiger partial charge in [0, 0.05) is 27.9 Å². The van der Waals surface area contributed by atoms with Gasteiger partial charge in [-0.1, -0.05) is 22.0 Å². The Morgan fingerprint density at radius 2 is 1.85 bits per heavy atom. The zero-order valence-electron chi connectivity index (χ0n) is 25.1. The quantitative estimate of drug-likeness (QED) is 0.0617. The third-order valence-corrected chi connectivity index (χ3v) is 7.11. The van der Waals surface area contributed by atoms with Crippen LogP contribution in [0.1, 0.15) is 36.6 Å². The van der Waals surface area contributed by atoms with Crippen molar-refractivity contribution in [2.45, 2.75) is 32.7 Å². The smallest absolute Gasteiger partial charge is 0.337 e. The number of aliphatic hydroxyl groups excluding tert-OH is 1. The summed E-state index contributed by atoms with van der Waals surface area (Å²) in [5.74, 6) is 0.581. The van der Waals surface area contributed by atoms with Gasteiger partial charge in [-0.25, -0.2) is 9.59 Å². The maximum absolute atomic E-state index is 12.5. The predicted octanol–water partition coefficient (Wildman–Crippen LogP) is 4.46. The first-order chi connectivity index (χ1) is 22.1. The summed E-state index contributed by atoms with van der Waals surface area (Å²) in [4.78, 5) is 35.0. The average molecular weight is 699 g/mol.